The average Bonchev–Trinajstić information content (AvgIpc) is 3.25. The van der Waals surface area contributed by atoms with E-state index in [9.17, 15) is 9.59 Å². The van der Waals surface area contributed by atoms with E-state index in [1.165, 1.54) is 5.56 Å². The van der Waals surface area contributed by atoms with Crippen LogP contribution >= 0.6 is 0 Å². The predicted molar refractivity (Wildman–Crippen MR) is 111 cm³/mol. The number of rotatable bonds is 7. The molecule has 0 unspecified atom stereocenters. The molecular formula is C22H24N4O4. The Hall–Kier alpha value is -3.68. The van der Waals surface area contributed by atoms with E-state index in [4.69, 9.17) is 9.26 Å². The number of hydrogen-bond acceptors (Lipinski definition) is 6. The van der Waals surface area contributed by atoms with Gasteiger partial charge in [0.1, 0.15) is 5.75 Å². The van der Waals surface area contributed by atoms with Crippen molar-refractivity contribution in [3.8, 4) is 17.1 Å². The molecule has 0 saturated heterocycles. The molecule has 0 bridgehead atoms. The Balaban J connectivity index is 1.47. The topological polar surface area (TPSA) is 106 Å². The number of methoxy groups -OCH3 is 1. The molecule has 0 aliphatic rings. The minimum absolute atomic E-state index is 0.0941. The molecule has 2 N–H and O–H groups in total. The predicted octanol–water partition coefficient (Wildman–Crippen LogP) is 3.26. The fraction of sp³-hybridized carbons (Fsp3) is 0.273. The molecule has 0 fully saturated rings. The van der Waals surface area contributed by atoms with Gasteiger partial charge >= 0.3 is 0 Å². The van der Waals surface area contributed by atoms with Crippen LogP contribution in [0.5, 0.6) is 5.75 Å². The molecule has 3 aromatic rings. The minimum Gasteiger partial charge on any atom is -0.497 e. The maximum Gasteiger partial charge on any atom is 0.269 e. The minimum atomic E-state index is -0.420. The van der Waals surface area contributed by atoms with Crippen LogP contribution in [-0.4, -0.2) is 29.1 Å². The molecule has 8 nitrogen and oxygen atoms in total. The number of nitrogens with one attached hydrogen (secondary N) is 2. The second-order valence-corrected chi connectivity index (χ2v) is 7.02. The number of nitrogens with zero attached hydrogens (tertiary/aromatic N) is 2. The van der Waals surface area contributed by atoms with Crippen molar-refractivity contribution in [2.45, 2.75) is 32.6 Å². The third-order valence-electron chi connectivity index (χ3n) is 4.54. The molecule has 8 heteroatoms. The van der Waals surface area contributed by atoms with Gasteiger partial charge in [0.05, 0.1) is 7.11 Å². The van der Waals surface area contributed by atoms with Crippen LogP contribution in [0.3, 0.4) is 0 Å². The first-order valence-electron chi connectivity index (χ1n) is 9.62. The standard InChI is InChI=1S/C22H24N4O4/c1-14(2)15-4-6-16(7-5-15)21-23-20(30-26-21)13-12-19(27)24-25-22(28)17-8-10-18(29-3)11-9-17/h4-11,14H,12-13H2,1-3H3,(H,24,27)(H,25,28). The number of ether oxygens (including phenoxy) is 1. The highest BCUT2D eigenvalue weighted by Gasteiger charge is 2.12. The van der Waals surface area contributed by atoms with E-state index in [1.54, 1.807) is 31.4 Å². The highest BCUT2D eigenvalue weighted by molar-refractivity contribution is 5.95. The zero-order chi connectivity index (χ0) is 21.5. The summed E-state index contributed by atoms with van der Waals surface area (Å²) in [5.41, 5.74) is 7.24. The lowest BCUT2D eigenvalue weighted by Crippen LogP contribution is -2.41. The summed E-state index contributed by atoms with van der Waals surface area (Å²) in [6, 6.07) is 14.5. The van der Waals surface area contributed by atoms with Crippen LogP contribution in [0.4, 0.5) is 0 Å². The van der Waals surface area contributed by atoms with Crippen molar-refractivity contribution in [2.75, 3.05) is 7.11 Å². The van der Waals surface area contributed by atoms with Crippen molar-refractivity contribution in [2.24, 2.45) is 0 Å². The van der Waals surface area contributed by atoms with Gasteiger partial charge in [0, 0.05) is 24.0 Å². The number of benzene rings is 2. The van der Waals surface area contributed by atoms with Crippen LogP contribution in [0.1, 0.15) is 48.0 Å². The molecule has 0 spiro atoms. The number of hydrazine groups is 1. The molecule has 0 radical (unpaired) electrons. The average molecular weight is 408 g/mol. The molecule has 0 atom stereocenters. The van der Waals surface area contributed by atoms with Crippen molar-refractivity contribution in [3.05, 3.63) is 65.5 Å². The van der Waals surface area contributed by atoms with Crippen molar-refractivity contribution >= 4 is 11.8 Å². The molecule has 0 aliphatic carbocycles. The van der Waals surface area contributed by atoms with E-state index < -0.39 is 5.91 Å². The molecule has 1 heterocycles. The van der Waals surface area contributed by atoms with Crippen LogP contribution in [0.25, 0.3) is 11.4 Å². The molecule has 2 aromatic carbocycles. The Bertz CT molecular complexity index is 995. The first kappa shape index (κ1) is 21.0. The summed E-state index contributed by atoms with van der Waals surface area (Å²) >= 11 is 0. The Morgan fingerprint density at radius 3 is 2.37 bits per heavy atom. The first-order valence-corrected chi connectivity index (χ1v) is 9.62. The monoisotopic (exact) mass is 408 g/mol. The summed E-state index contributed by atoms with van der Waals surface area (Å²) < 4.78 is 10.3. The molecule has 30 heavy (non-hydrogen) atoms. The summed E-state index contributed by atoms with van der Waals surface area (Å²) in [4.78, 5) is 28.4. The van der Waals surface area contributed by atoms with E-state index >= 15 is 0 Å². The van der Waals surface area contributed by atoms with Gasteiger partial charge < -0.3 is 9.26 Å². The van der Waals surface area contributed by atoms with Gasteiger partial charge in [-0.1, -0.05) is 43.3 Å². The van der Waals surface area contributed by atoms with Gasteiger partial charge in [0.2, 0.25) is 17.6 Å². The lowest BCUT2D eigenvalue weighted by atomic mass is 10.0. The maximum atomic E-state index is 12.0. The molecule has 0 aliphatic heterocycles. The lowest BCUT2D eigenvalue weighted by molar-refractivity contribution is -0.121. The highest BCUT2D eigenvalue weighted by Crippen LogP contribution is 2.20. The third-order valence-corrected chi connectivity index (χ3v) is 4.54. The Morgan fingerprint density at radius 1 is 1.03 bits per heavy atom. The fourth-order valence-corrected chi connectivity index (χ4v) is 2.71. The van der Waals surface area contributed by atoms with Gasteiger partial charge in [0.25, 0.3) is 5.91 Å². The van der Waals surface area contributed by atoms with Crippen molar-refractivity contribution in [1.29, 1.82) is 0 Å². The van der Waals surface area contributed by atoms with Crippen molar-refractivity contribution in [1.82, 2.24) is 21.0 Å². The van der Waals surface area contributed by atoms with Crippen LogP contribution in [0, 0.1) is 0 Å². The summed E-state index contributed by atoms with van der Waals surface area (Å²) in [5.74, 6) is 1.14. The van der Waals surface area contributed by atoms with Gasteiger partial charge in [-0.15, -0.1) is 0 Å². The molecule has 156 valence electrons. The van der Waals surface area contributed by atoms with Gasteiger partial charge in [0.15, 0.2) is 0 Å². The van der Waals surface area contributed by atoms with E-state index in [2.05, 4.69) is 34.8 Å². The summed E-state index contributed by atoms with van der Waals surface area (Å²) in [6.07, 6.45) is 0.359. The number of aryl methyl sites for hydroxylation is 1. The Morgan fingerprint density at radius 2 is 1.73 bits per heavy atom. The molecule has 2 amide bonds. The second kappa shape index (κ2) is 9.69. The Kier molecular flexibility index (Phi) is 6.79. The zero-order valence-electron chi connectivity index (χ0n) is 17.1. The van der Waals surface area contributed by atoms with Crippen molar-refractivity contribution in [3.63, 3.8) is 0 Å². The zero-order valence-corrected chi connectivity index (χ0v) is 17.1. The van der Waals surface area contributed by atoms with Gasteiger partial charge in [-0.3, -0.25) is 20.4 Å². The summed E-state index contributed by atoms with van der Waals surface area (Å²) in [7, 11) is 1.55. The van der Waals surface area contributed by atoms with Gasteiger partial charge in [-0.05, 0) is 35.7 Å². The highest BCUT2D eigenvalue weighted by atomic mass is 16.5. The SMILES string of the molecule is COc1ccc(C(=O)NNC(=O)CCc2nc(-c3ccc(C(C)C)cc3)no2)cc1. The van der Waals surface area contributed by atoms with Crippen LogP contribution < -0.4 is 15.6 Å². The van der Waals surface area contributed by atoms with E-state index in [1.807, 2.05) is 24.3 Å². The number of aromatic nitrogens is 2. The summed E-state index contributed by atoms with van der Waals surface area (Å²) in [5, 5.41) is 3.97. The first-order chi connectivity index (χ1) is 14.5. The fourth-order valence-electron chi connectivity index (χ4n) is 2.71. The van der Waals surface area contributed by atoms with Gasteiger partial charge in [-0.25, -0.2) is 0 Å². The smallest absolute Gasteiger partial charge is 0.269 e. The number of amides is 2. The number of carbonyl (C=O) groups is 2. The quantitative estimate of drug-likeness (QED) is 0.581. The van der Waals surface area contributed by atoms with Crippen LogP contribution in [0.15, 0.2) is 53.1 Å². The number of hydrogen-bond donors (Lipinski definition) is 2. The number of carbonyl (C=O) groups excluding carboxylic acids is 2. The maximum absolute atomic E-state index is 12.0. The van der Waals surface area contributed by atoms with Crippen LogP contribution in [0.2, 0.25) is 0 Å². The van der Waals surface area contributed by atoms with E-state index in [-0.39, 0.29) is 18.7 Å². The molecule has 0 saturated carbocycles. The molecule has 3 rings (SSSR count). The van der Waals surface area contributed by atoms with Crippen molar-refractivity contribution < 1.29 is 18.8 Å². The third kappa shape index (κ3) is 5.44. The lowest BCUT2D eigenvalue weighted by Gasteiger charge is -2.07. The largest absolute Gasteiger partial charge is 0.497 e. The van der Waals surface area contributed by atoms with E-state index in [0.717, 1.165) is 5.56 Å². The molecular weight excluding hydrogens is 384 g/mol. The Labute approximate surface area is 174 Å². The second-order valence-electron chi connectivity index (χ2n) is 7.02. The normalized spacial score (nSPS) is 10.7. The van der Waals surface area contributed by atoms with E-state index in [0.29, 0.717) is 28.9 Å². The van der Waals surface area contributed by atoms with Gasteiger partial charge in [-0.2, -0.15) is 4.98 Å². The van der Waals surface area contributed by atoms with Crippen LogP contribution in [-0.2, 0) is 11.2 Å². The summed E-state index contributed by atoms with van der Waals surface area (Å²) in [6.45, 7) is 4.26. The molecule has 1 aromatic heterocycles.